The number of H-pyrrole nitrogens is 2. The fraction of sp³-hybridized carbons (Fsp3) is 0. The number of nitrogens with one attached hydrogen (secondary N) is 2. The summed E-state index contributed by atoms with van der Waals surface area (Å²) in [5.74, 6) is -1.60. The van der Waals surface area contributed by atoms with Crippen LogP contribution in [-0.2, 0) is 0 Å². The lowest BCUT2D eigenvalue weighted by atomic mass is 10.1. The van der Waals surface area contributed by atoms with Crippen LogP contribution in [0.25, 0.3) is 44.8 Å². The van der Waals surface area contributed by atoms with E-state index >= 15 is 0 Å². The van der Waals surface area contributed by atoms with Crippen LogP contribution < -0.4 is 0 Å². The third kappa shape index (κ3) is 3.43. The minimum absolute atomic E-state index is 0.0680. The monoisotopic (exact) mass is 443 g/mol. The van der Waals surface area contributed by atoms with Gasteiger partial charge >= 0.3 is 11.9 Å². The van der Waals surface area contributed by atoms with E-state index in [1.807, 2.05) is 0 Å². The highest BCUT2D eigenvalue weighted by molar-refractivity contribution is 5.94. The fourth-order valence-electron chi connectivity index (χ4n) is 3.58. The van der Waals surface area contributed by atoms with Crippen LogP contribution in [0, 0.1) is 10.1 Å². The largest absolute Gasteiger partial charge is 0.478 e. The number of carbonyl (C=O) groups is 2. The second-order valence-electron chi connectivity index (χ2n) is 7.23. The molecule has 0 aliphatic heterocycles. The standard InChI is InChI=1S/C22H13N5O6/c28-21(29)11-2-5-14-16(7-11)25-19(23-14)10-1-4-13(18(9-10)27(32)33)20-24-15-6-3-12(22(30)31)8-17(15)26-20/h1-9H,(H,23,25)(H,24,26)(H,28,29)(H,30,31). The van der Waals surface area contributed by atoms with E-state index in [0.717, 1.165) is 0 Å². The molecule has 0 atom stereocenters. The summed E-state index contributed by atoms with van der Waals surface area (Å²) in [5.41, 5.74) is 2.51. The van der Waals surface area contributed by atoms with Crippen LogP contribution in [0.5, 0.6) is 0 Å². The Labute approximate surface area is 183 Å². The highest BCUT2D eigenvalue weighted by Gasteiger charge is 2.21. The Bertz CT molecular complexity index is 1620. The van der Waals surface area contributed by atoms with E-state index in [2.05, 4.69) is 19.9 Å². The summed E-state index contributed by atoms with van der Waals surface area (Å²) in [5, 5.41) is 30.1. The number of nitro groups is 1. The quantitative estimate of drug-likeness (QED) is 0.232. The molecule has 0 aliphatic rings. The van der Waals surface area contributed by atoms with E-state index in [1.54, 1.807) is 12.1 Å². The molecular weight excluding hydrogens is 430 g/mol. The van der Waals surface area contributed by atoms with Crippen molar-refractivity contribution in [1.82, 2.24) is 19.9 Å². The normalized spacial score (nSPS) is 11.2. The molecule has 33 heavy (non-hydrogen) atoms. The average molecular weight is 443 g/mol. The molecule has 5 aromatic rings. The van der Waals surface area contributed by atoms with Gasteiger partial charge < -0.3 is 20.2 Å². The second kappa shape index (κ2) is 7.27. The molecule has 3 aromatic carbocycles. The highest BCUT2D eigenvalue weighted by Crippen LogP contribution is 2.33. The number of nitrogens with zero attached hydrogens (tertiary/aromatic N) is 3. The van der Waals surface area contributed by atoms with Gasteiger partial charge in [0.1, 0.15) is 11.6 Å². The van der Waals surface area contributed by atoms with Gasteiger partial charge in [0.2, 0.25) is 0 Å². The molecule has 11 heteroatoms. The summed E-state index contributed by atoms with van der Waals surface area (Å²) in [6.45, 7) is 0. The zero-order valence-electron chi connectivity index (χ0n) is 16.6. The Hall–Kier alpha value is -5.06. The van der Waals surface area contributed by atoms with Crippen molar-refractivity contribution in [2.45, 2.75) is 0 Å². The van der Waals surface area contributed by atoms with Crippen molar-refractivity contribution >= 4 is 39.7 Å². The predicted octanol–water partition coefficient (Wildman–Crippen LogP) is 4.08. The van der Waals surface area contributed by atoms with Crippen LogP contribution in [0.1, 0.15) is 20.7 Å². The molecule has 0 amide bonds. The van der Waals surface area contributed by atoms with Gasteiger partial charge in [0.25, 0.3) is 5.69 Å². The molecule has 5 rings (SSSR count). The number of aromatic carboxylic acids is 2. The van der Waals surface area contributed by atoms with Crippen molar-refractivity contribution in [2.75, 3.05) is 0 Å². The van der Waals surface area contributed by atoms with Crippen molar-refractivity contribution < 1.29 is 24.7 Å². The summed E-state index contributed by atoms with van der Waals surface area (Å²) in [4.78, 5) is 48.3. The first-order chi connectivity index (χ1) is 15.8. The first-order valence-corrected chi connectivity index (χ1v) is 9.55. The third-order valence-electron chi connectivity index (χ3n) is 5.18. The number of nitro benzene ring substituents is 1. The molecule has 0 spiro atoms. The summed E-state index contributed by atoms with van der Waals surface area (Å²) < 4.78 is 0. The van der Waals surface area contributed by atoms with E-state index < -0.39 is 16.9 Å². The zero-order valence-corrected chi connectivity index (χ0v) is 16.6. The summed E-state index contributed by atoms with van der Waals surface area (Å²) in [6, 6.07) is 13.3. The number of carboxylic acid groups (broad SMARTS) is 2. The van der Waals surface area contributed by atoms with Crippen LogP contribution in [0.3, 0.4) is 0 Å². The van der Waals surface area contributed by atoms with Gasteiger partial charge in [-0.1, -0.05) is 6.07 Å². The highest BCUT2D eigenvalue weighted by atomic mass is 16.6. The number of imidazole rings is 2. The van der Waals surface area contributed by atoms with Crippen LogP contribution in [-0.4, -0.2) is 47.0 Å². The topological polar surface area (TPSA) is 175 Å². The van der Waals surface area contributed by atoms with Gasteiger partial charge in [-0.25, -0.2) is 19.6 Å². The van der Waals surface area contributed by atoms with Crippen molar-refractivity contribution in [1.29, 1.82) is 0 Å². The van der Waals surface area contributed by atoms with Gasteiger partial charge in [0.05, 0.1) is 43.7 Å². The maximum absolute atomic E-state index is 11.8. The van der Waals surface area contributed by atoms with E-state index in [-0.39, 0.29) is 28.2 Å². The number of hydrogen-bond acceptors (Lipinski definition) is 6. The number of hydrogen-bond donors (Lipinski definition) is 4. The smallest absolute Gasteiger partial charge is 0.335 e. The Morgan fingerprint density at radius 1 is 0.788 bits per heavy atom. The van der Waals surface area contributed by atoms with Gasteiger partial charge in [0, 0.05) is 11.6 Å². The number of carboxylic acids is 2. The van der Waals surface area contributed by atoms with E-state index in [0.29, 0.717) is 33.5 Å². The van der Waals surface area contributed by atoms with Crippen molar-refractivity contribution in [3.63, 3.8) is 0 Å². The average Bonchev–Trinajstić information content (AvgIpc) is 3.41. The minimum atomic E-state index is -1.09. The van der Waals surface area contributed by atoms with E-state index in [1.165, 1.54) is 42.5 Å². The van der Waals surface area contributed by atoms with Crippen LogP contribution in [0.4, 0.5) is 5.69 Å². The molecule has 0 radical (unpaired) electrons. The van der Waals surface area contributed by atoms with Gasteiger partial charge in [0.15, 0.2) is 0 Å². The predicted molar refractivity (Wildman–Crippen MR) is 117 cm³/mol. The third-order valence-corrected chi connectivity index (χ3v) is 5.18. The number of benzene rings is 3. The van der Waals surface area contributed by atoms with Crippen LogP contribution in [0.15, 0.2) is 54.6 Å². The first kappa shape index (κ1) is 19.9. The fourth-order valence-corrected chi connectivity index (χ4v) is 3.58. The summed E-state index contributed by atoms with van der Waals surface area (Å²) >= 11 is 0. The Morgan fingerprint density at radius 2 is 1.33 bits per heavy atom. The van der Waals surface area contributed by atoms with Gasteiger partial charge in [-0.3, -0.25) is 10.1 Å². The molecule has 4 N–H and O–H groups in total. The number of rotatable bonds is 5. The summed E-state index contributed by atoms with van der Waals surface area (Å²) in [6.07, 6.45) is 0. The van der Waals surface area contributed by atoms with Crippen LogP contribution in [0.2, 0.25) is 0 Å². The summed E-state index contributed by atoms with van der Waals surface area (Å²) in [7, 11) is 0. The number of fused-ring (bicyclic) bond motifs is 2. The SMILES string of the molecule is O=C(O)c1ccc2nc(-c3ccc(-c4nc5ccc(C(=O)O)cc5[nH]4)c([N+](=O)[O-])c3)[nH]c2c1. The molecular formula is C22H13N5O6. The van der Waals surface area contributed by atoms with Crippen molar-refractivity contribution in [2.24, 2.45) is 0 Å². The van der Waals surface area contributed by atoms with Gasteiger partial charge in [-0.15, -0.1) is 0 Å². The number of aromatic nitrogens is 4. The lowest BCUT2D eigenvalue weighted by Crippen LogP contribution is -1.95. The molecule has 0 fully saturated rings. The van der Waals surface area contributed by atoms with Gasteiger partial charge in [-0.05, 0) is 42.5 Å². The number of aromatic amines is 2. The van der Waals surface area contributed by atoms with Crippen molar-refractivity contribution in [3.05, 3.63) is 75.8 Å². The molecule has 162 valence electrons. The Morgan fingerprint density at radius 3 is 1.88 bits per heavy atom. The molecule has 0 aliphatic carbocycles. The molecule has 11 nitrogen and oxygen atoms in total. The lowest BCUT2D eigenvalue weighted by Gasteiger charge is -2.02. The van der Waals surface area contributed by atoms with Crippen LogP contribution >= 0.6 is 0 Å². The van der Waals surface area contributed by atoms with E-state index in [9.17, 15) is 19.7 Å². The van der Waals surface area contributed by atoms with Crippen molar-refractivity contribution in [3.8, 4) is 22.8 Å². The lowest BCUT2D eigenvalue weighted by molar-refractivity contribution is -0.384. The minimum Gasteiger partial charge on any atom is -0.478 e. The second-order valence-corrected chi connectivity index (χ2v) is 7.23. The molecule has 0 saturated carbocycles. The maximum atomic E-state index is 11.8. The Kier molecular flexibility index (Phi) is 4.38. The first-order valence-electron chi connectivity index (χ1n) is 9.55. The molecule has 0 bridgehead atoms. The zero-order chi connectivity index (χ0) is 23.3. The molecule has 0 unspecified atom stereocenters. The Balaban J connectivity index is 1.60. The molecule has 2 heterocycles. The van der Waals surface area contributed by atoms with Gasteiger partial charge in [-0.2, -0.15) is 0 Å². The molecule has 2 aromatic heterocycles. The maximum Gasteiger partial charge on any atom is 0.335 e. The molecule has 0 saturated heterocycles. The van der Waals surface area contributed by atoms with E-state index in [4.69, 9.17) is 10.2 Å².